The smallest absolute Gasteiger partial charge is 0.416 e. The molecule has 0 amide bonds. The number of aromatic hydroxyl groups is 1. The Morgan fingerprint density at radius 3 is 2.59 bits per heavy atom. The van der Waals surface area contributed by atoms with Gasteiger partial charge in [0.25, 0.3) is 5.69 Å². The van der Waals surface area contributed by atoms with Gasteiger partial charge in [-0.15, -0.1) is 0 Å². The van der Waals surface area contributed by atoms with Crippen LogP contribution >= 0.6 is 0 Å². The minimum atomic E-state index is -4.45. The van der Waals surface area contributed by atoms with Crippen LogP contribution in [-0.4, -0.2) is 21.6 Å². The normalized spacial score (nSPS) is 11.7. The van der Waals surface area contributed by atoms with E-state index in [1.54, 1.807) is 6.07 Å². The lowest BCUT2D eigenvalue weighted by molar-refractivity contribution is -0.383. The first-order chi connectivity index (χ1) is 15.1. The molecule has 3 aromatic carbocycles. The number of halogens is 3. The van der Waals surface area contributed by atoms with Crippen LogP contribution in [-0.2, 0) is 12.6 Å². The van der Waals surface area contributed by atoms with Crippen LogP contribution in [0.4, 0.5) is 24.5 Å². The number of alkyl halides is 3. The summed E-state index contributed by atoms with van der Waals surface area (Å²) in [5, 5.41) is 24.4. The molecular formula is C22H16F3N3O4. The third kappa shape index (κ3) is 3.94. The molecule has 4 rings (SSSR count). The topological polar surface area (TPSA) is 108 Å². The summed E-state index contributed by atoms with van der Waals surface area (Å²) in [4.78, 5) is 26.8. The number of hydrogen-bond acceptors (Lipinski definition) is 5. The molecule has 1 aromatic heterocycles. The Kier molecular flexibility index (Phi) is 5.21. The van der Waals surface area contributed by atoms with E-state index in [1.165, 1.54) is 36.4 Å². The Morgan fingerprint density at radius 2 is 1.88 bits per heavy atom. The number of benzene rings is 3. The number of aromatic nitrogens is 1. The summed E-state index contributed by atoms with van der Waals surface area (Å²) in [5.74, 6) is -0.133. The molecule has 0 aliphatic rings. The molecule has 0 saturated heterocycles. The Labute approximate surface area is 178 Å². The number of fused-ring (bicyclic) bond motifs is 2. The quantitative estimate of drug-likeness (QED) is 0.229. The van der Waals surface area contributed by atoms with Crippen LogP contribution in [0.1, 0.15) is 11.1 Å². The van der Waals surface area contributed by atoms with Crippen molar-refractivity contribution in [3.63, 3.8) is 0 Å². The molecule has 0 bridgehead atoms. The number of phenolic OH excluding ortho intramolecular Hbond substituents is 1. The Balaban J connectivity index is 1.72. The van der Waals surface area contributed by atoms with Crippen molar-refractivity contribution in [2.45, 2.75) is 12.6 Å². The highest BCUT2D eigenvalue weighted by Gasteiger charge is 2.30. The van der Waals surface area contributed by atoms with Crippen molar-refractivity contribution in [3.05, 3.63) is 86.1 Å². The van der Waals surface area contributed by atoms with Gasteiger partial charge in [0.15, 0.2) is 5.43 Å². The molecule has 0 spiro atoms. The van der Waals surface area contributed by atoms with Crippen LogP contribution in [0.5, 0.6) is 5.75 Å². The van der Waals surface area contributed by atoms with Crippen LogP contribution in [0.25, 0.3) is 21.8 Å². The average molecular weight is 443 g/mol. The number of non-ortho nitro benzene ring substituents is 1. The van der Waals surface area contributed by atoms with Gasteiger partial charge < -0.3 is 15.4 Å². The fourth-order valence-electron chi connectivity index (χ4n) is 3.60. The van der Waals surface area contributed by atoms with Crippen LogP contribution in [0.2, 0.25) is 0 Å². The van der Waals surface area contributed by atoms with E-state index in [9.17, 15) is 33.2 Å². The van der Waals surface area contributed by atoms with Crippen molar-refractivity contribution in [1.82, 2.24) is 4.98 Å². The second-order valence-corrected chi connectivity index (χ2v) is 7.20. The second-order valence-electron chi connectivity index (χ2n) is 7.20. The van der Waals surface area contributed by atoms with Crippen LogP contribution < -0.4 is 10.7 Å². The summed E-state index contributed by atoms with van der Waals surface area (Å²) in [6.45, 7) is 0.186. The highest BCUT2D eigenvalue weighted by molar-refractivity contribution is 6.03. The van der Waals surface area contributed by atoms with Gasteiger partial charge in [-0.25, -0.2) is 0 Å². The minimum Gasteiger partial charge on any atom is -0.508 e. The summed E-state index contributed by atoms with van der Waals surface area (Å²) in [5.41, 5.74) is -0.484. The van der Waals surface area contributed by atoms with Crippen molar-refractivity contribution in [3.8, 4) is 5.75 Å². The molecular weight excluding hydrogens is 427 g/mol. The van der Waals surface area contributed by atoms with Gasteiger partial charge in [0.05, 0.1) is 21.4 Å². The monoisotopic (exact) mass is 443 g/mol. The fraction of sp³-hybridized carbons (Fsp3) is 0.136. The second kappa shape index (κ2) is 7.88. The highest BCUT2D eigenvalue weighted by Crippen LogP contribution is 2.31. The number of pyridine rings is 1. The molecule has 0 atom stereocenters. The standard InChI is InChI=1S/C22H16F3N3O4/c23-22(24,25)13-3-1-2-12(10-13)8-9-26-17-6-7-18(28(31)32)20-19(17)21(30)15-11-14(29)4-5-16(15)27-20/h1-7,10-11,26,29H,8-9H2,(H,27,30). The lowest BCUT2D eigenvalue weighted by Gasteiger charge is -2.12. The summed E-state index contributed by atoms with van der Waals surface area (Å²) in [6, 6.07) is 11.6. The van der Waals surface area contributed by atoms with Crippen molar-refractivity contribution in [2.24, 2.45) is 0 Å². The number of nitro groups is 1. The maximum Gasteiger partial charge on any atom is 0.416 e. The molecule has 10 heteroatoms. The zero-order chi connectivity index (χ0) is 23.0. The zero-order valence-corrected chi connectivity index (χ0v) is 16.4. The van der Waals surface area contributed by atoms with E-state index in [-0.39, 0.29) is 40.7 Å². The van der Waals surface area contributed by atoms with Gasteiger partial charge in [-0.05, 0) is 42.3 Å². The number of H-pyrrole nitrogens is 1. The van der Waals surface area contributed by atoms with Crippen LogP contribution in [0.15, 0.2) is 59.4 Å². The third-order valence-electron chi connectivity index (χ3n) is 5.10. The molecule has 3 N–H and O–H groups in total. The average Bonchev–Trinajstić information content (AvgIpc) is 2.73. The van der Waals surface area contributed by atoms with Gasteiger partial charge in [-0.1, -0.05) is 18.2 Å². The molecule has 7 nitrogen and oxygen atoms in total. The van der Waals surface area contributed by atoms with Crippen LogP contribution in [0.3, 0.4) is 0 Å². The number of phenols is 1. The Morgan fingerprint density at radius 1 is 1.09 bits per heavy atom. The van der Waals surface area contributed by atoms with E-state index >= 15 is 0 Å². The van der Waals surface area contributed by atoms with Gasteiger partial charge in [-0.2, -0.15) is 13.2 Å². The van der Waals surface area contributed by atoms with Gasteiger partial charge in [0, 0.05) is 23.7 Å². The van der Waals surface area contributed by atoms with E-state index in [0.717, 1.165) is 12.1 Å². The van der Waals surface area contributed by atoms with Gasteiger partial charge in [0.1, 0.15) is 11.3 Å². The van der Waals surface area contributed by atoms with Crippen molar-refractivity contribution >= 4 is 33.2 Å². The highest BCUT2D eigenvalue weighted by atomic mass is 19.4. The lowest BCUT2D eigenvalue weighted by Crippen LogP contribution is -2.12. The number of anilines is 1. The third-order valence-corrected chi connectivity index (χ3v) is 5.10. The molecule has 0 aliphatic carbocycles. The Bertz CT molecular complexity index is 1410. The number of nitrogens with zero attached hydrogens (tertiary/aromatic N) is 1. The number of nitro benzene ring substituents is 1. The molecule has 0 unspecified atom stereocenters. The predicted octanol–water partition coefficient (Wildman–Crippen LogP) is 4.97. The molecule has 0 saturated carbocycles. The molecule has 1 heterocycles. The van der Waals surface area contributed by atoms with E-state index in [1.807, 2.05) is 0 Å². The van der Waals surface area contributed by atoms with E-state index in [2.05, 4.69) is 10.3 Å². The number of aromatic amines is 1. The lowest BCUT2D eigenvalue weighted by atomic mass is 10.1. The first kappa shape index (κ1) is 21.2. The van der Waals surface area contributed by atoms with Crippen molar-refractivity contribution in [2.75, 3.05) is 11.9 Å². The van der Waals surface area contributed by atoms with Gasteiger partial charge in [0.2, 0.25) is 0 Å². The largest absolute Gasteiger partial charge is 0.508 e. The van der Waals surface area contributed by atoms with Crippen LogP contribution in [0, 0.1) is 10.1 Å². The summed E-state index contributed by atoms with van der Waals surface area (Å²) in [7, 11) is 0. The SMILES string of the molecule is O=c1c2cc(O)ccc2[nH]c2c([N+](=O)[O-])ccc(NCCc3cccc(C(F)(F)F)c3)c12. The molecule has 0 radical (unpaired) electrons. The first-order valence-electron chi connectivity index (χ1n) is 9.51. The number of hydrogen-bond donors (Lipinski definition) is 3. The van der Waals surface area contributed by atoms with Crippen molar-refractivity contribution in [1.29, 1.82) is 0 Å². The maximum atomic E-state index is 13.1. The molecule has 0 fully saturated rings. The maximum absolute atomic E-state index is 13.1. The molecule has 32 heavy (non-hydrogen) atoms. The van der Waals surface area contributed by atoms with Gasteiger partial charge in [-0.3, -0.25) is 14.9 Å². The van der Waals surface area contributed by atoms with Crippen molar-refractivity contribution < 1.29 is 23.2 Å². The van der Waals surface area contributed by atoms with E-state index in [4.69, 9.17) is 0 Å². The summed E-state index contributed by atoms with van der Waals surface area (Å²) in [6.07, 6.45) is -4.22. The van der Waals surface area contributed by atoms with Gasteiger partial charge >= 0.3 is 6.18 Å². The first-order valence-corrected chi connectivity index (χ1v) is 9.51. The van der Waals surface area contributed by atoms with E-state index < -0.39 is 22.1 Å². The number of rotatable bonds is 5. The minimum absolute atomic E-state index is 0.0160. The summed E-state index contributed by atoms with van der Waals surface area (Å²) >= 11 is 0. The molecule has 4 aromatic rings. The molecule has 0 aliphatic heterocycles. The Hall–Kier alpha value is -4.08. The fourth-order valence-corrected chi connectivity index (χ4v) is 3.60. The van der Waals surface area contributed by atoms with E-state index in [0.29, 0.717) is 16.8 Å². The molecule has 164 valence electrons. The zero-order valence-electron chi connectivity index (χ0n) is 16.4. The number of nitrogens with one attached hydrogen (secondary N) is 2. The summed E-state index contributed by atoms with van der Waals surface area (Å²) < 4.78 is 38.7. The predicted molar refractivity (Wildman–Crippen MR) is 114 cm³/mol.